The lowest BCUT2D eigenvalue weighted by atomic mass is 10.2. The molecule has 0 atom stereocenters. The van der Waals surface area contributed by atoms with E-state index in [-0.39, 0.29) is 6.54 Å². The SMILES string of the molecule is COc1cc(Cl)c(Cl)c(CNC(=O)O)c1. The van der Waals surface area contributed by atoms with Gasteiger partial charge >= 0.3 is 6.09 Å². The zero-order chi connectivity index (χ0) is 11.4. The molecule has 0 bridgehead atoms. The van der Waals surface area contributed by atoms with Crippen LogP contribution in [0.5, 0.6) is 5.75 Å². The lowest BCUT2D eigenvalue weighted by Gasteiger charge is -2.08. The number of carbonyl (C=O) groups is 1. The van der Waals surface area contributed by atoms with Crippen LogP contribution >= 0.6 is 23.2 Å². The van der Waals surface area contributed by atoms with E-state index in [9.17, 15) is 4.79 Å². The normalized spacial score (nSPS) is 9.80. The third kappa shape index (κ3) is 3.18. The average molecular weight is 250 g/mol. The molecule has 0 heterocycles. The third-order valence-corrected chi connectivity index (χ3v) is 2.58. The van der Waals surface area contributed by atoms with Crippen molar-refractivity contribution in [1.29, 1.82) is 0 Å². The summed E-state index contributed by atoms with van der Waals surface area (Å²) in [7, 11) is 1.49. The van der Waals surface area contributed by atoms with Crippen molar-refractivity contribution in [2.24, 2.45) is 0 Å². The first-order chi connectivity index (χ1) is 7.04. The molecule has 0 spiro atoms. The highest BCUT2D eigenvalue weighted by molar-refractivity contribution is 6.42. The van der Waals surface area contributed by atoms with Crippen LogP contribution in [-0.4, -0.2) is 18.3 Å². The summed E-state index contributed by atoms with van der Waals surface area (Å²) in [5, 5.41) is 11.3. The maximum Gasteiger partial charge on any atom is 0.404 e. The van der Waals surface area contributed by atoms with Gasteiger partial charge in [0.2, 0.25) is 0 Å². The Balaban J connectivity index is 2.94. The summed E-state index contributed by atoms with van der Waals surface area (Å²) >= 11 is 11.7. The van der Waals surface area contributed by atoms with E-state index in [1.54, 1.807) is 12.1 Å². The minimum Gasteiger partial charge on any atom is -0.497 e. The summed E-state index contributed by atoms with van der Waals surface area (Å²) in [5.41, 5.74) is 0.573. The maximum absolute atomic E-state index is 10.3. The monoisotopic (exact) mass is 249 g/mol. The molecule has 6 heteroatoms. The van der Waals surface area contributed by atoms with Crippen LogP contribution in [0.25, 0.3) is 0 Å². The van der Waals surface area contributed by atoms with Crippen molar-refractivity contribution in [3.8, 4) is 5.75 Å². The Labute approximate surface area is 96.8 Å². The second kappa shape index (κ2) is 5.09. The van der Waals surface area contributed by atoms with Crippen LogP contribution in [0, 0.1) is 0 Å². The molecule has 0 radical (unpaired) electrons. The lowest BCUT2D eigenvalue weighted by Crippen LogP contribution is -2.20. The number of ether oxygens (including phenoxy) is 1. The molecule has 0 unspecified atom stereocenters. The summed E-state index contributed by atoms with van der Waals surface area (Å²) < 4.78 is 4.98. The average Bonchev–Trinajstić information content (AvgIpc) is 2.19. The number of benzene rings is 1. The molecule has 0 fully saturated rings. The molecule has 1 rings (SSSR count). The molecule has 4 nitrogen and oxygen atoms in total. The van der Waals surface area contributed by atoms with Gasteiger partial charge in [-0.25, -0.2) is 4.79 Å². The minimum atomic E-state index is -1.12. The number of rotatable bonds is 3. The number of hydrogen-bond donors (Lipinski definition) is 2. The van der Waals surface area contributed by atoms with Crippen molar-refractivity contribution < 1.29 is 14.6 Å². The quantitative estimate of drug-likeness (QED) is 0.867. The first kappa shape index (κ1) is 11.9. The molecule has 0 saturated carbocycles. The van der Waals surface area contributed by atoms with E-state index in [0.29, 0.717) is 21.4 Å². The lowest BCUT2D eigenvalue weighted by molar-refractivity contribution is 0.194. The Morgan fingerprint density at radius 3 is 2.73 bits per heavy atom. The van der Waals surface area contributed by atoms with Crippen molar-refractivity contribution in [2.75, 3.05) is 7.11 Å². The number of carboxylic acid groups (broad SMARTS) is 1. The number of hydrogen-bond acceptors (Lipinski definition) is 2. The molecule has 1 aromatic rings. The molecular formula is C9H9Cl2NO3. The van der Waals surface area contributed by atoms with Crippen LogP contribution in [-0.2, 0) is 6.54 Å². The summed E-state index contributed by atoms with van der Waals surface area (Å²) in [6.45, 7) is 0.0884. The van der Waals surface area contributed by atoms with E-state index >= 15 is 0 Å². The van der Waals surface area contributed by atoms with Crippen molar-refractivity contribution in [3.63, 3.8) is 0 Å². The number of halogens is 2. The fourth-order valence-corrected chi connectivity index (χ4v) is 1.44. The number of nitrogens with one attached hydrogen (secondary N) is 1. The van der Waals surface area contributed by atoms with Crippen LogP contribution in [0.4, 0.5) is 4.79 Å². The molecule has 0 aliphatic rings. The van der Waals surface area contributed by atoms with E-state index in [2.05, 4.69) is 5.32 Å². The predicted molar refractivity (Wildman–Crippen MR) is 57.9 cm³/mol. The topological polar surface area (TPSA) is 58.6 Å². The molecule has 0 aromatic heterocycles. The smallest absolute Gasteiger partial charge is 0.404 e. The predicted octanol–water partition coefficient (Wildman–Crippen LogP) is 2.77. The van der Waals surface area contributed by atoms with Crippen molar-refractivity contribution in [1.82, 2.24) is 5.32 Å². The Morgan fingerprint density at radius 2 is 2.20 bits per heavy atom. The van der Waals surface area contributed by atoms with Gasteiger partial charge in [-0.05, 0) is 11.6 Å². The van der Waals surface area contributed by atoms with E-state index in [0.717, 1.165) is 0 Å². The van der Waals surface area contributed by atoms with Crippen molar-refractivity contribution in [2.45, 2.75) is 6.54 Å². The molecule has 2 N–H and O–H groups in total. The Hall–Kier alpha value is -1.13. The Bertz CT molecular complexity index is 382. The van der Waals surface area contributed by atoms with Crippen molar-refractivity contribution in [3.05, 3.63) is 27.7 Å². The van der Waals surface area contributed by atoms with Crippen molar-refractivity contribution >= 4 is 29.3 Å². The van der Waals surface area contributed by atoms with Crippen LogP contribution in [0.2, 0.25) is 10.0 Å². The fourth-order valence-electron chi connectivity index (χ4n) is 1.04. The minimum absolute atomic E-state index is 0.0884. The van der Waals surface area contributed by atoms with E-state index in [1.165, 1.54) is 7.11 Å². The first-order valence-corrected chi connectivity index (χ1v) is 4.79. The van der Waals surface area contributed by atoms with Gasteiger partial charge in [0.25, 0.3) is 0 Å². The van der Waals surface area contributed by atoms with Gasteiger partial charge in [0.05, 0.1) is 17.2 Å². The highest BCUT2D eigenvalue weighted by Gasteiger charge is 2.08. The summed E-state index contributed by atoms with van der Waals surface area (Å²) in [6.07, 6.45) is -1.12. The van der Waals surface area contributed by atoms with Gasteiger partial charge in [0, 0.05) is 12.6 Å². The van der Waals surface area contributed by atoms with Gasteiger partial charge in [0.1, 0.15) is 5.75 Å². The van der Waals surface area contributed by atoms with E-state index in [1.807, 2.05) is 0 Å². The maximum atomic E-state index is 10.3. The van der Waals surface area contributed by atoms with E-state index < -0.39 is 6.09 Å². The Kier molecular flexibility index (Phi) is 4.05. The van der Waals surface area contributed by atoms with Gasteiger partial charge in [-0.15, -0.1) is 0 Å². The zero-order valence-electron chi connectivity index (χ0n) is 7.88. The van der Waals surface area contributed by atoms with Gasteiger partial charge < -0.3 is 15.2 Å². The molecule has 82 valence electrons. The van der Waals surface area contributed by atoms with Crippen LogP contribution in [0.3, 0.4) is 0 Å². The second-order valence-electron chi connectivity index (χ2n) is 2.74. The zero-order valence-corrected chi connectivity index (χ0v) is 9.39. The number of amides is 1. The first-order valence-electron chi connectivity index (χ1n) is 4.03. The molecule has 1 aromatic carbocycles. The number of methoxy groups -OCH3 is 1. The standard InChI is InChI=1S/C9H9Cl2NO3/c1-15-6-2-5(4-12-9(13)14)8(11)7(10)3-6/h2-3,12H,4H2,1H3,(H,13,14). The highest BCUT2D eigenvalue weighted by atomic mass is 35.5. The van der Waals surface area contributed by atoms with Gasteiger partial charge in [-0.3, -0.25) is 0 Å². The molecule has 15 heavy (non-hydrogen) atoms. The van der Waals surface area contributed by atoms with E-state index in [4.69, 9.17) is 33.0 Å². The molecule has 0 aliphatic heterocycles. The Morgan fingerprint density at radius 1 is 1.53 bits per heavy atom. The van der Waals surface area contributed by atoms with Gasteiger partial charge in [-0.1, -0.05) is 23.2 Å². The molecular weight excluding hydrogens is 241 g/mol. The van der Waals surface area contributed by atoms with Crippen LogP contribution in [0.15, 0.2) is 12.1 Å². The largest absolute Gasteiger partial charge is 0.497 e. The third-order valence-electron chi connectivity index (χ3n) is 1.74. The molecule has 0 aliphatic carbocycles. The fraction of sp³-hybridized carbons (Fsp3) is 0.222. The van der Waals surface area contributed by atoms with Gasteiger partial charge in [-0.2, -0.15) is 0 Å². The molecule has 0 saturated heterocycles. The summed E-state index contributed by atoms with van der Waals surface area (Å²) in [5.74, 6) is 0.534. The summed E-state index contributed by atoms with van der Waals surface area (Å²) in [6, 6.07) is 3.19. The second-order valence-corrected chi connectivity index (χ2v) is 3.53. The van der Waals surface area contributed by atoms with Gasteiger partial charge in [0.15, 0.2) is 0 Å². The molecule has 1 amide bonds. The summed E-state index contributed by atoms with van der Waals surface area (Å²) in [4.78, 5) is 10.3. The van der Waals surface area contributed by atoms with Crippen LogP contribution < -0.4 is 10.1 Å². The van der Waals surface area contributed by atoms with Crippen LogP contribution in [0.1, 0.15) is 5.56 Å². The highest BCUT2D eigenvalue weighted by Crippen LogP contribution is 2.30.